The second-order valence-electron chi connectivity index (χ2n) is 4.10. The molecule has 108 valence electrons. The minimum atomic E-state index is 0.658. The molecule has 0 saturated carbocycles. The van der Waals surface area contributed by atoms with E-state index < -0.39 is 0 Å². The number of nitrogens with zero attached hydrogens (tertiary/aromatic N) is 3. The van der Waals surface area contributed by atoms with Crippen LogP contribution in [0.3, 0.4) is 0 Å². The molecule has 0 radical (unpaired) electrons. The summed E-state index contributed by atoms with van der Waals surface area (Å²) in [5.74, 6) is 1.84. The van der Waals surface area contributed by atoms with Crippen molar-refractivity contribution in [3.8, 4) is 0 Å². The highest BCUT2D eigenvalue weighted by Gasteiger charge is 2.15. The fourth-order valence-electron chi connectivity index (χ4n) is 1.94. The third-order valence-corrected chi connectivity index (χ3v) is 2.94. The van der Waals surface area contributed by atoms with Crippen LogP contribution in [0, 0.1) is 0 Å². The van der Waals surface area contributed by atoms with Gasteiger partial charge in [0.1, 0.15) is 18.0 Å². The van der Waals surface area contributed by atoms with Gasteiger partial charge in [0.15, 0.2) is 0 Å². The molecule has 0 aliphatic rings. The summed E-state index contributed by atoms with van der Waals surface area (Å²) in [5, 5.41) is 3.11. The molecule has 19 heavy (non-hydrogen) atoms. The molecule has 0 spiro atoms. The zero-order valence-corrected chi connectivity index (χ0v) is 12.3. The van der Waals surface area contributed by atoms with Crippen molar-refractivity contribution in [2.24, 2.45) is 0 Å². The zero-order valence-electron chi connectivity index (χ0n) is 12.3. The number of ether oxygens (including phenoxy) is 2. The maximum Gasteiger partial charge on any atom is 0.137 e. The highest BCUT2D eigenvalue weighted by molar-refractivity contribution is 5.58. The second kappa shape index (κ2) is 8.66. The van der Waals surface area contributed by atoms with E-state index >= 15 is 0 Å². The first kappa shape index (κ1) is 15.7. The van der Waals surface area contributed by atoms with Crippen LogP contribution in [0.25, 0.3) is 0 Å². The van der Waals surface area contributed by atoms with Crippen LogP contribution in [0.1, 0.15) is 12.5 Å². The first-order chi connectivity index (χ1) is 9.28. The molecule has 0 aliphatic heterocycles. The van der Waals surface area contributed by atoms with Gasteiger partial charge in [-0.3, -0.25) is 0 Å². The average Bonchev–Trinajstić information content (AvgIpc) is 2.46. The van der Waals surface area contributed by atoms with Gasteiger partial charge in [-0.25, -0.2) is 9.97 Å². The quantitative estimate of drug-likeness (QED) is 0.726. The molecule has 1 aromatic heterocycles. The number of aromatic nitrogens is 2. The molecule has 1 N–H and O–H groups in total. The van der Waals surface area contributed by atoms with Crippen molar-refractivity contribution in [1.29, 1.82) is 0 Å². The molecule has 6 heteroatoms. The van der Waals surface area contributed by atoms with Gasteiger partial charge in [-0.2, -0.15) is 0 Å². The Balaban J connectivity index is 2.98. The highest BCUT2D eigenvalue weighted by Crippen LogP contribution is 2.23. The Morgan fingerprint density at radius 2 is 1.79 bits per heavy atom. The van der Waals surface area contributed by atoms with Crippen molar-refractivity contribution in [2.75, 3.05) is 57.8 Å². The average molecular weight is 268 g/mol. The summed E-state index contributed by atoms with van der Waals surface area (Å²) in [7, 11) is 5.28. The minimum Gasteiger partial charge on any atom is -0.383 e. The number of anilines is 2. The largest absolute Gasteiger partial charge is 0.383 e. The van der Waals surface area contributed by atoms with E-state index in [0.717, 1.165) is 36.7 Å². The molecule has 1 rings (SSSR count). The van der Waals surface area contributed by atoms with Gasteiger partial charge in [-0.05, 0) is 6.42 Å². The van der Waals surface area contributed by atoms with Gasteiger partial charge < -0.3 is 19.7 Å². The summed E-state index contributed by atoms with van der Waals surface area (Å²) in [6, 6.07) is 0. The van der Waals surface area contributed by atoms with Gasteiger partial charge in [0.2, 0.25) is 0 Å². The standard InChI is InChI=1S/C13H24N4O2/c1-5-11-12(14-2)15-10-16-13(11)17(6-8-18-3)7-9-19-4/h10H,5-9H2,1-4H3,(H,14,15,16). The fourth-order valence-corrected chi connectivity index (χ4v) is 1.94. The van der Waals surface area contributed by atoms with Crippen LogP contribution in [0.15, 0.2) is 6.33 Å². The monoisotopic (exact) mass is 268 g/mol. The van der Waals surface area contributed by atoms with Gasteiger partial charge in [0.05, 0.1) is 13.2 Å². The normalized spacial score (nSPS) is 10.5. The highest BCUT2D eigenvalue weighted by atomic mass is 16.5. The topological polar surface area (TPSA) is 59.5 Å². The number of nitrogens with one attached hydrogen (secondary N) is 1. The summed E-state index contributed by atoms with van der Waals surface area (Å²) in [4.78, 5) is 10.9. The molecule has 0 amide bonds. The van der Waals surface area contributed by atoms with E-state index in [2.05, 4.69) is 27.1 Å². The lowest BCUT2D eigenvalue weighted by atomic mass is 10.2. The van der Waals surface area contributed by atoms with Crippen LogP contribution in [-0.2, 0) is 15.9 Å². The summed E-state index contributed by atoms with van der Waals surface area (Å²) in [5.41, 5.74) is 1.12. The number of methoxy groups -OCH3 is 2. The Kier molecular flexibility index (Phi) is 7.14. The van der Waals surface area contributed by atoms with Crippen LogP contribution in [0.4, 0.5) is 11.6 Å². The van der Waals surface area contributed by atoms with Crippen LogP contribution in [0.2, 0.25) is 0 Å². The van der Waals surface area contributed by atoms with E-state index in [1.165, 1.54) is 0 Å². The van der Waals surface area contributed by atoms with E-state index in [9.17, 15) is 0 Å². The Morgan fingerprint density at radius 1 is 1.16 bits per heavy atom. The molecule has 1 heterocycles. The van der Waals surface area contributed by atoms with Gasteiger partial charge in [0, 0.05) is 39.9 Å². The first-order valence-electron chi connectivity index (χ1n) is 6.52. The number of hydrogen-bond donors (Lipinski definition) is 1. The first-order valence-corrected chi connectivity index (χ1v) is 6.52. The Morgan fingerprint density at radius 3 is 2.26 bits per heavy atom. The summed E-state index contributed by atoms with van der Waals surface area (Å²) in [6.45, 7) is 4.99. The second-order valence-corrected chi connectivity index (χ2v) is 4.10. The van der Waals surface area contributed by atoms with Gasteiger partial charge in [0.25, 0.3) is 0 Å². The smallest absolute Gasteiger partial charge is 0.137 e. The van der Waals surface area contributed by atoms with Crippen LogP contribution < -0.4 is 10.2 Å². The number of rotatable bonds is 9. The molecule has 6 nitrogen and oxygen atoms in total. The predicted octanol–water partition coefficient (Wildman–Crippen LogP) is 1.18. The van der Waals surface area contributed by atoms with Gasteiger partial charge >= 0.3 is 0 Å². The molecular formula is C13H24N4O2. The van der Waals surface area contributed by atoms with Crippen molar-refractivity contribution in [3.63, 3.8) is 0 Å². The molecule has 1 aromatic rings. The Labute approximate surface area is 115 Å². The van der Waals surface area contributed by atoms with Crippen LogP contribution >= 0.6 is 0 Å². The maximum absolute atomic E-state index is 5.16. The predicted molar refractivity (Wildman–Crippen MR) is 76.9 cm³/mol. The lowest BCUT2D eigenvalue weighted by Crippen LogP contribution is -2.32. The molecular weight excluding hydrogens is 244 g/mol. The third-order valence-electron chi connectivity index (χ3n) is 2.94. The molecule has 0 aromatic carbocycles. The van der Waals surface area contributed by atoms with Gasteiger partial charge in [-0.15, -0.1) is 0 Å². The number of hydrogen-bond acceptors (Lipinski definition) is 6. The van der Waals surface area contributed by atoms with Crippen molar-refractivity contribution >= 4 is 11.6 Å². The molecule has 0 saturated heterocycles. The van der Waals surface area contributed by atoms with E-state index in [-0.39, 0.29) is 0 Å². The van der Waals surface area contributed by atoms with Crippen molar-refractivity contribution in [1.82, 2.24) is 9.97 Å². The summed E-state index contributed by atoms with van der Waals surface area (Å²) >= 11 is 0. The molecule has 0 bridgehead atoms. The summed E-state index contributed by atoms with van der Waals surface area (Å²) in [6.07, 6.45) is 2.47. The van der Waals surface area contributed by atoms with Crippen LogP contribution in [0.5, 0.6) is 0 Å². The van der Waals surface area contributed by atoms with E-state index in [4.69, 9.17) is 9.47 Å². The zero-order chi connectivity index (χ0) is 14.1. The van der Waals surface area contributed by atoms with Crippen LogP contribution in [-0.4, -0.2) is 57.5 Å². The third kappa shape index (κ3) is 4.33. The van der Waals surface area contributed by atoms with E-state index in [1.54, 1.807) is 20.5 Å². The molecule has 0 atom stereocenters. The Bertz CT molecular complexity index is 366. The fraction of sp³-hybridized carbons (Fsp3) is 0.692. The Hall–Kier alpha value is -1.40. The van der Waals surface area contributed by atoms with Crippen molar-refractivity contribution < 1.29 is 9.47 Å². The summed E-state index contributed by atoms with van der Waals surface area (Å²) < 4.78 is 10.3. The molecule has 0 fully saturated rings. The lowest BCUT2D eigenvalue weighted by molar-refractivity contribution is 0.190. The van der Waals surface area contributed by atoms with E-state index in [1.807, 2.05) is 7.05 Å². The molecule has 0 aliphatic carbocycles. The minimum absolute atomic E-state index is 0.658. The molecule has 0 unspecified atom stereocenters. The van der Waals surface area contributed by atoms with Gasteiger partial charge in [-0.1, -0.05) is 6.92 Å². The van der Waals surface area contributed by atoms with E-state index in [0.29, 0.717) is 13.2 Å². The van der Waals surface area contributed by atoms with Crippen molar-refractivity contribution in [3.05, 3.63) is 11.9 Å². The lowest BCUT2D eigenvalue weighted by Gasteiger charge is -2.25. The van der Waals surface area contributed by atoms with Crippen molar-refractivity contribution in [2.45, 2.75) is 13.3 Å². The SMILES string of the molecule is CCc1c(NC)ncnc1N(CCOC)CCOC. The maximum atomic E-state index is 5.16.